The van der Waals surface area contributed by atoms with Gasteiger partial charge in [-0.05, 0) is 75.8 Å². The minimum absolute atomic E-state index is 1.13. The normalized spacial score (nSPS) is 11.2. The van der Waals surface area contributed by atoms with E-state index < -0.39 is 0 Å². The monoisotopic (exact) mass is 576 g/mol. The molecule has 0 aliphatic heterocycles. The minimum atomic E-state index is 1.13. The summed E-state index contributed by atoms with van der Waals surface area (Å²) in [5, 5.41) is 7.48. The first-order valence-corrected chi connectivity index (χ1v) is 15.4. The summed E-state index contributed by atoms with van der Waals surface area (Å²) in [4.78, 5) is 4.66. The predicted octanol–water partition coefficient (Wildman–Crippen LogP) is 12.1. The van der Waals surface area contributed by atoms with Crippen molar-refractivity contribution >= 4 is 60.8 Å². The van der Waals surface area contributed by atoms with E-state index in [1.165, 1.54) is 54.8 Å². The summed E-state index contributed by atoms with van der Waals surface area (Å²) in [6.45, 7) is 0. The molecule has 8 aromatic rings. The van der Waals surface area contributed by atoms with Gasteiger partial charge in [0.2, 0.25) is 0 Å². The number of para-hydroxylation sites is 1. The van der Waals surface area contributed by atoms with Gasteiger partial charge in [-0.2, -0.15) is 0 Å². The minimum Gasteiger partial charge on any atom is -0.344 e. The fraction of sp³-hybridized carbons (Fsp3) is 0.0233. The van der Waals surface area contributed by atoms with Gasteiger partial charge < -0.3 is 9.80 Å². The van der Waals surface area contributed by atoms with Crippen LogP contribution < -0.4 is 9.80 Å². The third kappa shape index (κ3) is 4.87. The summed E-state index contributed by atoms with van der Waals surface area (Å²) in [5.74, 6) is 0. The van der Waals surface area contributed by atoms with Crippen LogP contribution in [0, 0.1) is 0 Å². The summed E-state index contributed by atoms with van der Waals surface area (Å²) < 4.78 is 0. The quantitative estimate of drug-likeness (QED) is 0.182. The smallest absolute Gasteiger partial charge is 0.0567 e. The number of hydrogen-bond acceptors (Lipinski definition) is 2. The fourth-order valence-corrected chi connectivity index (χ4v) is 6.57. The molecule has 0 unspecified atom stereocenters. The summed E-state index contributed by atoms with van der Waals surface area (Å²) in [7, 11) is 2.17. The second-order valence-electron chi connectivity index (χ2n) is 11.5. The summed E-state index contributed by atoms with van der Waals surface area (Å²) in [5.41, 5.74) is 8.20. The van der Waals surface area contributed by atoms with Crippen molar-refractivity contribution in [2.45, 2.75) is 0 Å². The molecule has 0 amide bonds. The number of hydrogen-bond donors (Lipinski definition) is 0. The maximum absolute atomic E-state index is 2.35. The molecule has 0 saturated carbocycles. The Balaban J connectivity index is 1.14. The molecule has 0 saturated heterocycles. The molecule has 0 bridgehead atoms. The standard InChI is InChI=1S/C43H32N2/c1-44(43-40-19-9-6-13-34(40)30-35-14-7-10-20-41(35)43)36-26-22-31(23-27-36)32-24-28-38(29-25-32)45(37-16-3-2-4-17-37)42-21-11-15-33-12-5-8-18-39(33)42/h2-30H,1H3. The van der Waals surface area contributed by atoms with Crippen LogP contribution in [0.4, 0.5) is 28.4 Å². The molecule has 0 radical (unpaired) electrons. The van der Waals surface area contributed by atoms with Gasteiger partial charge in [-0.15, -0.1) is 0 Å². The Kier molecular flexibility index (Phi) is 6.73. The van der Waals surface area contributed by atoms with Crippen LogP contribution in [-0.2, 0) is 0 Å². The lowest BCUT2D eigenvalue weighted by atomic mass is 9.99. The van der Waals surface area contributed by atoms with Crippen LogP contribution in [0.15, 0.2) is 176 Å². The van der Waals surface area contributed by atoms with Crippen molar-refractivity contribution in [3.05, 3.63) is 176 Å². The molecule has 214 valence electrons. The largest absolute Gasteiger partial charge is 0.344 e. The van der Waals surface area contributed by atoms with Crippen molar-refractivity contribution in [1.29, 1.82) is 0 Å². The van der Waals surface area contributed by atoms with Gasteiger partial charge in [-0.1, -0.05) is 127 Å². The van der Waals surface area contributed by atoms with Gasteiger partial charge in [0.1, 0.15) is 0 Å². The lowest BCUT2D eigenvalue weighted by Gasteiger charge is -2.27. The molecule has 0 heterocycles. The second-order valence-corrected chi connectivity index (χ2v) is 11.5. The van der Waals surface area contributed by atoms with E-state index in [0.717, 1.165) is 17.1 Å². The highest BCUT2D eigenvalue weighted by Crippen LogP contribution is 2.41. The first-order valence-electron chi connectivity index (χ1n) is 15.4. The number of benzene rings is 8. The van der Waals surface area contributed by atoms with Crippen LogP contribution in [0.5, 0.6) is 0 Å². The second kappa shape index (κ2) is 11.3. The van der Waals surface area contributed by atoms with Crippen molar-refractivity contribution in [3.63, 3.8) is 0 Å². The Labute approximate surface area is 264 Å². The molecule has 2 nitrogen and oxygen atoms in total. The third-order valence-electron chi connectivity index (χ3n) is 8.81. The number of rotatable bonds is 6. The molecule has 0 aromatic heterocycles. The molecule has 45 heavy (non-hydrogen) atoms. The van der Waals surface area contributed by atoms with Gasteiger partial charge in [0.25, 0.3) is 0 Å². The molecule has 0 fully saturated rings. The molecule has 0 spiro atoms. The lowest BCUT2D eigenvalue weighted by Crippen LogP contribution is -2.10. The molecule has 0 aliphatic rings. The first kappa shape index (κ1) is 26.7. The van der Waals surface area contributed by atoms with Crippen LogP contribution in [-0.4, -0.2) is 7.05 Å². The Morgan fingerprint density at radius 1 is 0.356 bits per heavy atom. The summed E-state index contributed by atoms with van der Waals surface area (Å²) in [6, 6.07) is 63.2. The van der Waals surface area contributed by atoms with E-state index in [9.17, 15) is 0 Å². The zero-order valence-electron chi connectivity index (χ0n) is 25.1. The fourth-order valence-electron chi connectivity index (χ4n) is 6.57. The lowest BCUT2D eigenvalue weighted by molar-refractivity contribution is 1.23. The first-order chi connectivity index (χ1) is 22.2. The SMILES string of the molecule is CN(c1ccc(-c2ccc(N(c3ccccc3)c3cccc4ccccc34)cc2)cc1)c1c2ccccc2cc2ccccc12. The van der Waals surface area contributed by atoms with E-state index in [-0.39, 0.29) is 0 Å². The van der Waals surface area contributed by atoms with E-state index in [1.807, 2.05) is 0 Å². The van der Waals surface area contributed by atoms with Crippen LogP contribution in [0.3, 0.4) is 0 Å². The Hall–Kier alpha value is -5.86. The van der Waals surface area contributed by atoms with E-state index in [0.29, 0.717) is 0 Å². The van der Waals surface area contributed by atoms with Gasteiger partial charge in [-0.3, -0.25) is 0 Å². The van der Waals surface area contributed by atoms with Crippen molar-refractivity contribution in [2.75, 3.05) is 16.8 Å². The van der Waals surface area contributed by atoms with E-state index in [2.05, 4.69) is 193 Å². The highest BCUT2D eigenvalue weighted by atomic mass is 15.1. The van der Waals surface area contributed by atoms with Crippen molar-refractivity contribution in [1.82, 2.24) is 0 Å². The summed E-state index contributed by atoms with van der Waals surface area (Å²) >= 11 is 0. The maximum Gasteiger partial charge on any atom is 0.0567 e. The molecule has 0 aliphatic carbocycles. The van der Waals surface area contributed by atoms with Crippen molar-refractivity contribution < 1.29 is 0 Å². The number of anilines is 5. The molecule has 8 rings (SSSR count). The molecule has 2 heteroatoms. The van der Waals surface area contributed by atoms with Gasteiger partial charge in [0, 0.05) is 40.3 Å². The zero-order chi connectivity index (χ0) is 30.2. The number of nitrogens with zero attached hydrogens (tertiary/aromatic N) is 2. The zero-order valence-corrected chi connectivity index (χ0v) is 25.1. The van der Waals surface area contributed by atoms with Gasteiger partial charge in [0.05, 0.1) is 11.4 Å². The van der Waals surface area contributed by atoms with Crippen LogP contribution >= 0.6 is 0 Å². The van der Waals surface area contributed by atoms with Crippen molar-refractivity contribution in [2.24, 2.45) is 0 Å². The van der Waals surface area contributed by atoms with Crippen molar-refractivity contribution in [3.8, 4) is 11.1 Å². The topological polar surface area (TPSA) is 6.48 Å². The molecular formula is C43H32N2. The van der Waals surface area contributed by atoms with Crippen LogP contribution in [0.2, 0.25) is 0 Å². The molecular weight excluding hydrogens is 544 g/mol. The average Bonchev–Trinajstić information content (AvgIpc) is 3.11. The van der Waals surface area contributed by atoms with Crippen LogP contribution in [0.1, 0.15) is 0 Å². The highest BCUT2D eigenvalue weighted by molar-refractivity contribution is 6.12. The van der Waals surface area contributed by atoms with Gasteiger partial charge in [-0.25, -0.2) is 0 Å². The van der Waals surface area contributed by atoms with E-state index in [1.54, 1.807) is 0 Å². The summed E-state index contributed by atoms with van der Waals surface area (Å²) in [6.07, 6.45) is 0. The van der Waals surface area contributed by atoms with E-state index in [4.69, 9.17) is 0 Å². The predicted molar refractivity (Wildman–Crippen MR) is 194 cm³/mol. The third-order valence-corrected chi connectivity index (χ3v) is 8.81. The highest BCUT2D eigenvalue weighted by Gasteiger charge is 2.16. The van der Waals surface area contributed by atoms with Gasteiger partial charge >= 0.3 is 0 Å². The maximum atomic E-state index is 2.35. The Morgan fingerprint density at radius 2 is 0.822 bits per heavy atom. The van der Waals surface area contributed by atoms with E-state index >= 15 is 0 Å². The molecule has 0 atom stereocenters. The van der Waals surface area contributed by atoms with Gasteiger partial charge in [0.15, 0.2) is 0 Å². The average molecular weight is 577 g/mol. The number of fused-ring (bicyclic) bond motifs is 3. The Morgan fingerprint density at radius 3 is 1.44 bits per heavy atom. The molecule has 0 N–H and O–H groups in total. The van der Waals surface area contributed by atoms with Crippen LogP contribution in [0.25, 0.3) is 43.4 Å². The molecule has 8 aromatic carbocycles. The Bertz CT molecular complexity index is 2210.